The SMILES string of the molecule is CO[C@@H]1CCN2C[C@@H]1CCCCN(Cc1ccc(Cl)cc1F)CCOc1ccccc1C2=O. The van der Waals surface area contributed by atoms with E-state index in [9.17, 15) is 9.18 Å². The van der Waals surface area contributed by atoms with Crippen LogP contribution in [-0.4, -0.2) is 61.7 Å². The molecular formula is C26H32ClFN2O3. The van der Waals surface area contributed by atoms with Crippen molar-refractivity contribution >= 4 is 17.5 Å². The number of benzene rings is 2. The first-order chi connectivity index (χ1) is 16.0. The van der Waals surface area contributed by atoms with Crippen LogP contribution >= 0.6 is 11.6 Å². The number of nitrogens with zero attached hydrogens (tertiary/aromatic N) is 2. The van der Waals surface area contributed by atoms with Gasteiger partial charge >= 0.3 is 0 Å². The van der Waals surface area contributed by atoms with Crippen molar-refractivity contribution in [2.45, 2.75) is 38.3 Å². The van der Waals surface area contributed by atoms with Crippen molar-refractivity contribution in [2.24, 2.45) is 5.92 Å². The molecule has 2 aliphatic heterocycles. The van der Waals surface area contributed by atoms with Crippen LogP contribution in [0.3, 0.4) is 0 Å². The number of hydrogen-bond donors (Lipinski definition) is 0. The summed E-state index contributed by atoms with van der Waals surface area (Å²) in [5.74, 6) is 0.639. The summed E-state index contributed by atoms with van der Waals surface area (Å²) in [6.07, 6.45) is 4.05. The maximum atomic E-state index is 14.4. The monoisotopic (exact) mass is 474 g/mol. The van der Waals surface area contributed by atoms with E-state index in [-0.39, 0.29) is 17.8 Å². The standard InChI is InChI=1S/C26H32ClFN2O3/c1-32-24-11-13-30-18-20(24)6-4-5-12-29(17-19-9-10-21(27)16-23(19)28)14-15-33-25-8-3-2-7-22(25)26(30)31/h2-3,7-10,16,20,24H,4-6,11-15,17-18H2,1H3/t20-,24+/m0/s1. The normalized spacial score (nSPS) is 22.9. The van der Waals surface area contributed by atoms with Gasteiger partial charge in [0.15, 0.2) is 0 Å². The minimum absolute atomic E-state index is 0.0160. The van der Waals surface area contributed by atoms with Crippen LogP contribution in [0.2, 0.25) is 5.02 Å². The van der Waals surface area contributed by atoms with Gasteiger partial charge in [-0.3, -0.25) is 9.69 Å². The third-order valence-electron chi connectivity index (χ3n) is 6.75. The third-order valence-corrected chi connectivity index (χ3v) is 6.98. The molecule has 7 heteroatoms. The van der Waals surface area contributed by atoms with Gasteiger partial charge in [0.25, 0.3) is 5.91 Å². The van der Waals surface area contributed by atoms with Crippen LogP contribution in [0.4, 0.5) is 4.39 Å². The summed E-state index contributed by atoms with van der Waals surface area (Å²) < 4.78 is 26.2. The predicted octanol–water partition coefficient (Wildman–Crippen LogP) is 5.02. The number of halogens is 2. The van der Waals surface area contributed by atoms with Gasteiger partial charge in [-0.2, -0.15) is 0 Å². The Bertz CT molecular complexity index is 957. The number of methoxy groups -OCH3 is 1. The number of ether oxygens (including phenoxy) is 2. The van der Waals surface area contributed by atoms with E-state index in [0.717, 1.165) is 32.2 Å². The van der Waals surface area contributed by atoms with Crippen LogP contribution in [0.25, 0.3) is 0 Å². The molecule has 33 heavy (non-hydrogen) atoms. The summed E-state index contributed by atoms with van der Waals surface area (Å²) >= 11 is 5.92. The number of rotatable bonds is 3. The van der Waals surface area contributed by atoms with E-state index in [1.807, 2.05) is 29.2 Å². The second-order valence-corrected chi connectivity index (χ2v) is 9.36. The van der Waals surface area contributed by atoms with Crippen LogP contribution in [0.15, 0.2) is 42.5 Å². The highest BCUT2D eigenvalue weighted by Crippen LogP contribution is 2.28. The van der Waals surface area contributed by atoms with Crippen molar-refractivity contribution in [1.29, 1.82) is 0 Å². The molecule has 0 aliphatic carbocycles. The molecular weight excluding hydrogens is 443 g/mol. The van der Waals surface area contributed by atoms with E-state index in [2.05, 4.69) is 4.90 Å². The molecule has 2 heterocycles. The molecule has 4 rings (SSSR count). The third kappa shape index (κ3) is 6.05. The van der Waals surface area contributed by atoms with E-state index in [0.29, 0.717) is 60.6 Å². The fraction of sp³-hybridized carbons (Fsp3) is 0.500. The van der Waals surface area contributed by atoms with Gasteiger partial charge in [0.05, 0.1) is 11.7 Å². The van der Waals surface area contributed by atoms with Crippen LogP contribution in [-0.2, 0) is 11.3 Å². The van der Waals surface area contributed by atoms with E-state index >= 15 is 0 Å². The molecule has 1 saturated heterocycles. The first-order valence-electron chi connectivity index (χ1n) is 11.8. The molecule has 178 valence electrons. The lowest BCUT2D eigenvalue weighted by Gasteiger charge is -2.38. The van der Waals surface area contributed by atoms with E-state index in [4.69, 9.17) is 21.1 Å². The fourth-order valence-electron chi connectivity index (χ4n) is 4.91. The molecule has 0 N–H and O–H groups in total. The van der Waals surface area contributed by atoms with Crippen molar-refractivity contribution < 1.29 is 18.7 Å². The summed E-state index contributed by atoms with van der Waals surface area (Å²) in [5, 5.41) is 0.399. The number of piperidine rings is 1. The average molecular weight is 475 g/mol. The molecule has 0 aromatic heterocycles. The molecule has 1 fully saturated rings. The number of fused-ring (bicyclic) bond motifs is 3. The van der Waals surface area contributed by atoms with E-state index in [1.54, 1.807) is 19.2 Å². The Morgan fingerprint density at radius 3 is 2.79 bits per heavy atom. The molecule has 2 bridgehead atoms. The zero-order valence-corrected chi connectivity index (χ0v) is 19.9. The molecule has 2 aromatic carbocycles. The van der Waals surface area contributed by atoms with Gasteiger partial charge < -0.3 is 14.4 Å². The maximum absolute atomic E-state index is 14.4. The van der Waals surface area contributed by atoms with Crippen molar-refractivity contribution in [3.63, 3.8) is 0 Å². The molecule has 2 aromatic rings. The quantitative estimate of drug-likeness (QED) is 0.626. The second kappa shape index (κ2) is 11.3. The zero-order valence-electron chi connectivity index (χ0n) is 19.1. The molecule has 5 nitrogen and oxygen atoms in total. The van der Waals surface area contributed by atoms with Crippen molar-refractivity contribution in [1.82, 2.24) is 9.80 Å². The summed E-state index contributed by atoms with van der Waals surface area (Å²) in [4.78, 5) is 17.5. The maximum Gasteiger partial charge on any atom is 0.257 e. The Hall–Kier alpha value is -2.15. The minimum Gasteiger partial charge on any atom is -0.491 e. The fourth-order valence-corrected chi connectivity index (χ4v) is 5.07. The molecule has 2 atom stereocenters. The van der Waals surface area contributed by atoms with E-state index < -0.39 is 0 Å². The van der Waals surface area contributed by atoms with Gasteiger partial charge in [-0.25, -0.2) is 4.39 Å². The molecule has 1 amide bonds. The van der Waals surface area contributed by atoms with Crippen LogP contribution in [0.5, 0.6) is 5.75 Å². The number of carbonyl (C=O) groups excluding carboxylic acids is 1. The highest BCUT2D eigenvalue weighted by Gasteiger charge is 2.32. The van der Waals surface area contributed by atoms with E-state index in [1.165, 1.54) is 6.07 Å². The Morgan fingerprint density at radius 2 is 1.97 bits per heavy atom. The first-order valence-corrected chi connectivity index (χ1v) is 12.1. The summed E-state index contributed by atoms with van der Waals surface area (Å²) in [6, 6.07) is 12.3. The first kappa shape index (κ1) is 24.0. The highest BCUT2D eigenvalue weighted by atomic mass is 35.5. The van der Waals surface area contributed by atoms with Crippen LogP contribution in [0, 0.1) is 11.7 Å². The van der Waals surface area contributed by atoms with Gasteiger partial charge in [0, 0.05) is 49.8 Å². The summed E-state index contributed by atoms with van der Waals surface area (Å²) in [5.41, 5.74) is 1.22. The Balaban J connectivity index is 1.53. The van der Waals surface area contributed by atoms with Gasteiger partial charge in [-0.05, 0) is 50.1 Å². The highest BCUT2D eigenvalue weighted by molar-refractivity contribution is 6.30. The molecule has 2 aliphatic rings. The number of hydrogen-bond acceptors (Lipinski definition) is 4. The molecule has 0 unspecified atom stereocenters. The Morgan fingerprint density at radius 1 is 1.12 bits per heavy atom. The zero-order chi connectivity index (χ0) is 23.2. The van der Waals surface area contributed by atoms with Crippen LogP contribution < -0.4 is 4.74 Å². The second-order valence-electron chi connectivity index (χ2n) is 8.93. The Kier molecular flexibility index (Phi) is 8.23. The smallest absolute Gasteiger partial charge is 0.257 e. The molecule has 0 saturated carbocycles. The lowest BCUT2D eigenvalue weighted by Crippen LogP contribution is -2.46. The van der Waals surface area contributed by atoms with Crippen molar-refractivity contribution in [3.05, 3.63) is 64.4 Å². The van der Waals surface area contributed by atoms with Gasteiger partial charge in [-0.15, -0.1) is 0 Å². The summed E-state index contributed by atoms with van der Waals surface area (Å²) in [6.45, 7) is 3.80. The number of para-hydroxylation sites is 1. The lowest BCUT2D eigenvalue weighted by atomic mass is 9.89. The number of amides is 1. The minimum atomic E-state index is -0.288. The average Bonchev–Trinajstić information content (AvgIpc) is 2.82. The molecule has 0 spiro atoms. The van der Waals surface area contributed by atoms with Crippen molar-refractivity contribution in [3.8, 4) is 5.75 Å². The largest absolute Gasteiger partial charge is 0.491 e. The van der Waals surface area contributed by atoms with Gasteiger partial charge in [-0.1, -0.05) is 36.2 Å². The van der Waals surface area contributed by atoms with Crippen molar-refractivity contribution in [2.75, 3.05) is 39.9 Å². The van der Waals surface area contributed by atoms with Gasteiger partial charge in [0.2, 0.25) is 0 Å². The lowest BCUT2D eigenvalue weighted by molar-refractivity contribution is -0.00702. The predicted molar refractivity (Wildman–Crippen MR) is 127 cm³/mol. The Labute approximate surface area is 200 Å². The van der Waals surface area contributed by atoms with Gasteiger partial charge in [0.1, 0.15) is 18.2 Å². The summed E-state index contributed by atoms with van der Waals surface area (Å²) in [7, 11) is 1.76. The number of carbonyl (C=O) groups is 1. The topological polar surface area (TPSA) is 42.0 Å². The molecule has 0 radical (unpaired) electrons. The van der Waals surface area contributed by atoms with Crippen LogP contribution in [0.1, 0.15) is 41.6 Å².